The van der Waals surface area contributed by atoms with Gasteiger partial charge in [-0.05, 0) is 18.9 Å². The molecular formula is C17H25N7. The highest BCUT2D eigenvalue weighted by Crippen LogP contribution is 2.42. The van der Waals surface area contributed by atoms with E-state index in [0.29, 0.717) is 5.92 Å². The van der Waals surface area contributed by atoms with E-state index in [1.165, 1.54) is 19.3 Å². The Bertz CT molecular complexity index is 733. The molecule has 3 heterocycles. The molecular weight excluding hydrogens is 302 g/mol. The van der Waals surface area contributed by atoms with Crippen LogP contribution in [0.15, 0.2) is 24.8 Å². The predicted molar refractivity (Wildman–Crippen MR) is 93.6 cm³/mol. The molecule has 1 aliphatic heterocycles. The van der Waals surface area contributed by atoms with Crippen molar-refractivity contribution >= 4 is 17.0 Å². The molecule has 1 atom stereocenters. The lowest BCUT2D eigenvalue weighted by atomic mass is 9.77. The molecule has 24 heavy (non-hydrogen) atoms. The predicted octanol–water partition coefficient (Wildman–Crippen LogP) is 1.46. The molecule has 0 amide bonds. The Morgan fingerprint density at radius 2 is 2.17 bits per heavy atom. The summed E-state index contributed by atoms with van der Waals surface area (Å²) in [5.74, 6) is 0.603. The number of aromatic nitrogens is 3. The van der Waals surface area contributed by atoms with E-state index in [9.17, 15) is 0 Å². The van der Waals surface area contributed by atoms with Crippen LogP contribution < -0.4 is 11.1 Å². The summed E-state index contributed by atoms with van der Waals surface area (Å²) >= 11 is 0. The van der Waals surface area contributed by atoms with Gasteiger partial charge in [-0.1, -0.05) is 19.3 Å². The van der Waals surface area contributed by atoms with Crippen LogP contribution in [-0.2, 0) is 5.66 Å². The van der Waals surface area contributed by atoms with Crippen LogP contribution in [0.3, 0.4) is 0 Å². The highest BCUT2D eigenvalue weighted by Gasteiger charge is 2.48. The first-order chi connectivity index (χ1) is 11.7. The van der Waals surface area contributed by atoms with Crippen LogP contribution in [0.25, 0.3) is 11.0 Å². The number of nitrogens with two attached hydrogens (primary N) is 1. The Labute approximate surface area is 141 Å². The maximum Gasteiger partial charge on any atom is 0.190 e. The summed E-state index contributed by atoms with van der Waals surface area (Å²) < 4.78 is 2.24. The molecule has 0 spiro atoms. The molecule has 1 saturated carbocycles. The first kappa shape index (κ1) is 15.4. The van der Waals surface area contributed by atoms with Gasteiger partial charge in [0.15, 0.2) is 5.96 Å². The molecule has 1 aliphatic carbocycles. The smallest absolute Gasteiger partial charge is 0.190 e. The number of nitrogens with zero attached hydrogens (tertiary/aromatic N) is 4. The zero-order valence-corrected chi connectivity index (χ0v) is 13.9. The molecule has 1 unspecified atom stereocenters. The maximum atomic E-state index is 8.20. The standard InChI is InChI=1S/C17H25N7/c18-16(19)24-9-7-20-11-17(24,14-4-2-1-3-5-14)23-8-6-13-10-21-12-22-15(13)23/h6,8,10,12,14,20H,1-5,7,9,11H2,(H3,18,19). The van der Waals surface area contributed by atoms with Crippen molar-refractivity contribution in [2.45, 2.75) is 37.8 Å². The van der Waals surface area contributed by atoms with Gasteiger partial charge in [0.2, 0.25) is 0 Å². The summed E-state index contributed by atoms with van der Waals surface area (Å²) in [6.07, 6.45) is 11.7. The number of nitrogens with one attached hydrogen (secondary N) is 2. The largest absolute Gasteiger partial charge is 0.370 e. The first-order valence-electron chi connectivity index (χ1n) is 8.83. The lowest BCUT2D eigenvalue weighted by Crippen LogP contribution is -2.68. The molecule has 4 rings (SSSR count). The quantitative estimate of drug-likeness (QED) is 0.573. The number of piperazine rings is 1. The Kier molecular flexibility index (Phi) is 3.88. The van der Waals surface area contributed by atoms with Crippen molar-refractivity contribution in [3.8, 4) is 0 Å². The second-order valence-electron chi connectivity index (χ2n) is 6.91. The van der Waals surface area contributed by atoms with Gasteiger partial charge in [0.1, 0.15) is 17.6 Å². The first-order valence-corrected chi connectivity index (χ1v) is 8.83. The number of hydrogen-bond donors (Lipinski definition) is 3. The van der Waals surface area contributed by atoms with E-state index in [1.807, 2.05) is 6.20 Å². The van der Waals surface area contributed by atoms with Gasteiger partial charge in [-0.3, -0.25) is 5.41 Å². The van der Waals surface area contributed by atoms with Crippen LogP contribution in [0.4, 0.5) is 0 Å². The minimum Gasteiger partial charge on any atom is -0.370 e. The summed E-state index contributed by atoms with van der Waals surface area (Å²) in [7, 11) is 0. The normalized spacial score (nSPS) is 25.9. The lowest BCUT2D eigenvalue weighted by Gasteiger charge is -2.53. The van der Waals surface area contributed by atoms with Crippen LogP contribution >= 0.6 is 0 Å². The third kappa shape index (κ3) is 2.26. The molecule has 0 bridgehead atoms. The van der Waals surface area contributed by atoms with Gasteiger partial charge in [-0.2, -0.15) is 0 Å². The molecule has 1 saturated heterocycles. The Morgan fingerprint density at radius 1 is 1.33 bits per heavy atom. The SMILES string of the molecule is N=C(N)N1CCNCC1(C1CCCCC1)n1ccc2cncnc21. The molecule has 2 aromatic rings. The Morgan fingerprint density at radius 3 is 2.96 bits per heavy atom. The van der Waals surface area contributed by atoms with Gasteiger partial charge in [0.05, 0.1) is 0 Å². The van der Waals surface area contributed by atoms with Crippen LogP contribution in [0, 0.1) is 11.3 Å². The molecule has 2 aliphatic rings. The number of rotatable bonds is 2. The average molecular weight is 327 g/mol. The van der Waals surface area contributed by atoms with Crippen molar-refractivity contribution in [3.05, 3.63) is 24.8 Å². The van der Waals surface area contributed by atoms with Crippen LogP contribution in [0.1, 0.15) is 32.1 Å². The van der Waals surface area contributed by atoms with E-state index in [1.54, 1.807) is 6.33 Å². The Hall–Kier alpha value is -2.15. The monoisotopic (exact) mass is 327 g/mol. The van der Waals surface area contributed by atoms with Gasteiger partial charge in [-0.15, -0.1) is 0 Å². The van der Waals surface area contributed by atoms with Crippen LogP contribution in [0.5, 0.6) is 0 Å². The lowest BCUT2D eigenvalue weighted by molar-refractivity contribution is -0.0189. The highest BCUT2D eigenvalue weighted by molar-refractivity contribution is 5.78. The molecule has 0 radical (unpaired) electrons. The fourth-order valence-electron chi connectivity index (χ4n) is 4.61. The van der Waals surface area contributed by atoms with Gasteiger partial charge in [0.25, 0.3) is 0 Å². The van der Waals surface area contributed by atoms with E-state index < -0.39 is 0 Å². The van der Waals surface area contributed by atoms with Gasteiger partial charge in [0, 0.05) is 43.3 Å². The summed E-state index contributed by atoms with van der Waals surface area (Å²) in [6.45, 7) is 2.38. The molecule has 128 valence electrons. The molecule has 4 N–H and O–H groups in total. The third-order valence-corrected chi connectivity index (χ3v) is 5.68. The van der Waals surface area contributed by atoms with E-state index in [4.69, 9.17) is 11.1 Å². The van der Waals surface area contributed by atoms with Gasteiger partial charge >= 0.3 is 0 Å². The molecule has 2 fully saturated rings. The van der Waals surface area contributed by atoms with Crippen molar-refractivity contribution in [2.24, 2.45) is 11.7 Å². The van der Waals surface area contributed by atoms with Gasteiger partial charge in [-0.25, -0.2) is 9.97 Å². The van der Waals surface area contributed by atoms with Gasteiger partial charge < -0.3 is 20.5 Å². The van der Waals surface area contributed by atoms with Crippen molar-refractivity contribution in [1.29, 1.82) is 5.41 Å². The topological polar surface area (TPSA) is 95.8 Å². The molecule has 2 aromatic heterocycles. The Balaban J connectivity index is 1.90. The highest BCUT2D eigenvalue weighted by atomic mass is 15.4. The van der Waals surface area contributed by atoms with E-state index in [-0.39, 0.29) is 11.6 Å². The minimum atomic E-state index is -0.361. The van der Waals surface area contributed by atoms with Crippen molar-refractivity contribution in [2.75, 3.05) is 19.6 Å². The van der Waals surface area contributed by atoms with Crippen LogP contribution in [0.2, 0.25) is 0 Å². The number of fused-ring (bicyclic) bond motifs is 1. The van der Waals surface area contributed by atoms with E-state index in [0.717, 1.165) is 43.5 Å². The molecule has 7 heteroatoms. The molecule has 7 nitrogen and oxygen atoms in total. The van der Waals surface area contributed by atoms with Crippen molar-refractivity contribution in [3.63, 3.8) is 0 Å². The fraction of sp³-hybridized carbons (Fsp3) is 0.588. The second-order valence-corrected chi connectivity index (χ2v) is 6.91. The summed E-state index contributed by atoms with van der Waals surface area (Å²) in [6, 6.07) is 2.06. The van der Waals surface area contributed by atoms with Crippen molar-refractivity contribution in [1.82, 2.24) is 24.8 Å². The summed E-state index contributed by atoms with van der Waals surface area (Å²) in [4.78, 5) is 10.8. The number of guanidine groups is 1. The average Bonchev–Trinajstić information content (AvgIpc) is 3.07. The molecule has 0 aromatic carbocycles. The second kappa shape index (κ2) is 6.05. The van der Waals surface area contributed by atoms with Crippen molar-refractivity contribution < 1.29 is 0 Å². The fourth-order valence-corrected chi connectivity index (χ4v) is 4.61. The summed E-state index contributed by atoms with van der Waals surface area (Å²) in [5.41, 5.74) is 6.60. The van der Waals surface area contributed by atoms with Crippen LogP contribution in [-0.4, -0.2) is 45.0 Å². The minimum absolute atomic E-state index is 0.151. The van der Waals surface area contributed by atoms with E-state index >= 15 is 0 Å². The third-order valence-electron chi connectivity index (χ3n) is 5.68. The maximum absolute atomic E-state index is 8.20. The van der Waals surface area contributed by atoms with E-state index in [2.05, 4.69) is 37.0 Å². The number of hydrogen-bond acceptors (Lipinski definition) is 4. The zero-order valence-electron chi connectivity index (χ0n) is 13.9. The zero-order chi connectivity index (χ0) is 16.6. The summed E-state index contributed by atoms with van der Waals surface area (Å²) in [5, 5.41) is 12.8.